The van der Waals surface area contributed by atoms with E-state index in [1.54, 1.807) is 13.1 Å². The lowest BCUT2D eigenvalue weighted by Gasteiger charge is -2.07. The average Bonchev–Trinajstić information content (AvgIpc) is 2.74. The van der Waals surface area contributed by atoms with Crippen LogP contribution in [-0.4, -0.2) is 26.4 Å². The van der Waals surface area contributed by atoms with Crippen molar-refractivity contribution in [2.24, 2.45) is 0 Å². The molecular weight excluding hydrogens is 239 g/mol. The normalized spacial score (nSPS) is 10.3. The first-order chi connectivity index (χ1) is 8.50. The summed E-state index contributed by atoms with van der Waals surface area (Å²) in [5, 5.41) is 8.54. The molecule has 0 spiro atoms. The summed E-state index contributed by atoms with van der Waals surface area (Å²) in [6.45, 7) is 1.70. The molecule has 6 heteroatoms. The van der Waals surface area contributed by atoms with Gasteiger partial charge in [-0.15, -0.1) is 0 Å². The van der Waals surface area contributed by atoms with Crippen LogP contribution in [0.1, 0.15) is 16.2 Å². The van der Waals surface area contributed by atoms with Crippen LogP contribution in [0, 0.1) is 12.7 Å². The topological polar surface area (TPSA) is 72.2 Å². The van der Waals surface area contributed by atoms with Crippen LogP contribution in [0.2, 0.25) is 0 Å². The largest absolute Gasteiger partial charge is 0.475 e. The van der Waals surface area contributed by atoms with Crippen molar-refractivity contribution in [2.75, 3.05) is 0 Å². The van der Waals surface area contributed by atoms with Gasteiger partial charge in [0.2, 0.25) is 0 Å². The Labute approximate surface area is 102 Å². The minimum Gasteiger partial charge on any atom is -0.475 e. The van der Waals surface area contributed by atoms with E-state index in [1.165, 1.54) is 22.9 Å². The molecule has 18 heavy (non-hydrogen) atoms. The number of ketones is 1. The number of hydrogen-bond donors (Lipinski definition) is 1. The Morgan fingerprint density at radius 1 is 1.39 bits per heavy atom. The predicted octanol–water partition coefficient (Wildman–Crippen LogP) is 1.59. The predicted molar refractivity (Wildman–Crippen MR) is 60.2 cm³/mol. The Balaban J connectivity index is 2.46. The van der Waals surface area contributed by atoms with Crippen molar-refractivity contribution in [3.8, 4) is 5.69 Å². The van der Waals surface area contributed by atoms with Crippen LogP contribution in [0.3, 0.4) is 0 Å². The zero-order valence-electron chi connectivity index (χ0n) is 9.42. The highest BCUT2D eigenvalue weighted by Gasteiger charge is 2.17. The van der Waals surface area contributed by atoms with Gasteiger partial charge in [0.05, 0.1) is 5.69 Å². The third kappa shape index (κ3) is 2.00. The van der Waals surface area contributed by atoms with Crippen molar-refractivity contribution in [1.29, 1.82) is 0 Å². The number of aromatic nitrogens is 2. The van der Waals surface area contributed by atoms with Gasteiger partial charge in [-0.2, -0.15) is 0 Å². The summed E-state index contributed by atoms with van der Waals surface area (Å²) in [7, 11) is 0. The van der Waals surface area contributed by atoms with Gasteiger partial charge >= 0.3 is 5.97 Å². The van der Waals surface area contributed by atoms with E-state index in [1.807, 2.05) is 0 Å². The van der Waals surface area contributed by atoms with Crippen molar-refractivity contribution in [3.05, 3.63) is 47.8 Å². The third-order valence-electron chi connectivity index (χ3n) is 2.49. The quantitative estimate of drug-likeness (QED) is 0.661. The van der Waals surface area contributed by atoms with Gasteiger partial charge < -0.3 is 9.67 Å². The molecule has 0 aliphatic rings. The fourth-order valence-corrected chi connectivity index (χ4v) is 1.60. The van der Waals surface area contributed by atoms with Gasteiger partial charge in [0.15, 0.2) is 0 Å². The number of aliphatic carboxylic acids is 1. The number of carboxylic acids is 1. The lowest BCUT2D eigenvalue weighted by atomic mass is 10.1. The molecule has 5 nitrogen and oxygen atoms in total. The summed E-state index contributed by atoms with van der Waals surface area (Å²) in [6, 6.07) is 3.53. The molecule has 0 bridgehead atoms. The maximum atomic E-state index is 13.8. The van der Waals surface area contributed by atoms with E-state index in [9.17, 15) is 14.0 Å². The fourth-order valence-electron chi connectivity index (χ4n) is 1.60. The van der Waals surface area contributed by atoms with Crippen LogP contribution in [0.25, 0.3) is 5.69 Å². The zero-order valence-corrected chi connectivity index (χ0v) is 9.42. The van der Waals surface area contributed by atoms with Crippen LogP contribution in [0.15, 0.2) is 30.6 Å². The van der Waals surface area contributed by atoms with E-state index in [2.05, 4.69) is 4.98 Å². The molecule has 1 heterocycles. The van der Waals surface area contributed by atoms with Gasteiger partial charge in [-0.25, -0.2) is 14.2 Å². The number of carbonyl (C=O) groups excluding carboxylic acids is 1. The number of carbonyl (C=O) groups is 2. The number of hydrogen-bond acceptors (Lipinski definition) is 3. The lowest BCUT2D eigenvalue weighted by molar-refractivity contribution is -0.131. The molecule has 2 rings (SSSR count). The highest BCUT2D eigenvalue weighted by atomic mass is 19.1. The Kier molecular flexibility index (Phi) is 2.93. The summed E-state index contributed by atoms with van der Waals surface area (Å²) >= 11 is 0. The molecule has 0 atom stereocenters. The maximum Gasteiger partial charge on any atom is 0.377 e. The smallest absolute Gasteiger partial charge is 0.377 e. The second kappa shape index (κ2) is 4.40. The van der Waals surface area contributed by atoms with E-state index in [0.717, 1.165) is 6.07 Å². The third-order valence-corrected chi connectivity index (χ3v) is 2.49. The summed E-state index contributed by atoms with van der Waals surface area (Å²) < 4.78 is 15.3. The Morgan fingerprint density at radius 2 is 2.11 bits per heavy atom. The van der Waals surface area contributed by atoms with E-state index in [0.29, 0.717) is 5.82 Å². The van der Waals surface area contributed by atoms with E-state index < -0.39 is 17.6 Å². The number of imidazole rings is 1. The minimum atomic E-state index is -1.61. The summed E-state index contributed by atoms with van der Waals surface area (Å²) in [4.78, 5) is 25.6. The molecule has 1 aromatic heterocycles. The Morgan fingerprint density at radius 3 is 2.61 bits per heavy atom. The summed E-state index contributed by atoms with van der Waals surface area (Å²) in [5.74, 6) is -2.84. The van der Waals surface area contributed by atoms with Crippen LogP contribution in [0.5, 0.6) is 0 Å². The number of aryl methyl sites for hydroxylation is 1. The number of halogens is 1. The average molecular weight is 248 g/mol. The number of Topliss-reactive ketones (excluding diaryl/α,β-unsaturated/α-hetero) is 1. The standard InChI is InChI=1S/C12H9FN2O3/c1-7-14-4-5-15(7)10-3-2-8(6-9(10)13)11(16)12(17)18/h2-6H,1H3,(H,17,18). The molecule has 1 aromatic carbocycles. The van der Waals surface area contributed by atoms with Gasteiger partial charge in [-0.1, -0.05) is 0 Å². The number of carboxylic acid groups (broad SMARTS) is 1. The molecule has 0 saturated heterocycles. The molecule has 0 saturated carbocycles. The van der Waals surface area contributed by atoms with Crippen molar-refractivity contribution >= 4 is 11.8 Å². The first-order valence-corrected chi connectivity index (χ1v) is 5.08. The number of rotatable bonds is 3. The molecule has 92 valence electrons. The maximum absolute atomic E-state index is 13.8. The van der Waals surface area contributed by atoms with Gasteiger partial charge in [0.1, 0.15) is 11.6 Å². The van der Waals surface area contributed by atoms with Crippen molar-refractivity contribution < 1.29 is 19.1 Å². The molecule has 0 aliphatic carbocycles. The van der Waals surface area contributed by atoms with Crippen LogP contribution < -0.4 is 0 Å². The first-order valence-electron chi connectivity index (χ1n) is 5.08. The second-order valence-electron chi connectivity index (χ2n) is 3.64. The molecule has 0 fully saturated rings. The van der Waals surface area contributed by atoms with Gasteiger partial charge in [-0.05, 0) is 25.1 Å². The van der Waals surface area contributed by atoms with Crippen LogP contribution in [-0.2, 0) is 4.79 Å². The molecule has 1 N–H and O–H groups in total. The molecular formula is C12H9FN2O3. The van der Waals surface area contributed by atoms with E-state index >= 15 is 0 Å². The van der Waals surface area contributed by atoms with E-state index in [4.69, 9.17) is 5.11 Å². The number of benzene rings is 1. The van der Waals surface area contributed by atoms with Crippen LogP contribution >= 0.6 is 0 Å². The highest BCUT2D eigenvalue weighted by molar-refractivity contribution is 6.39. The SMILES string of the molecule is Cc1nccn1-c1ccc(C(=O)C(=O)O)cc1F. The monoisotopic (exact) mass is 248 g/mol. The molecule has 0 amide bonds. The van der Waals surface area contributed by atoms with Gasteiger partial charge in [0, 0.05) is 18.0 Å². The number of nitrogens with zero attached hydrogens (tertiary/aromatic N) is 2. The summed E-state index contributed by atoms with van der Waals surface area (Å²) in [6.07, 6.45) is 3.09. The van der Waals surface area contributed by atoms with Gasteiger partial charge in [0.25, 0.3) is 5.78 Å². The molecule has 0 radical (unpaired) electrons. The molecule has 0 unspecified atom stereocenters. The van der Waals surface area contributed by atoms with Crippen molar-refractivity contribution in [2.45, 2.75) is 6.92 Å². The van der Waals surface area contributed by atoms with E-state index in [-0.39, 0.29) is 11.3 Å². The first kappa shape index (κ1) is 12.0. The van der Waals surface area contributed by atoms with Crippen molar-refractivity contribution in [3.63, 3.8) is 0 Å². The minimum absolute atomic E-state index is 0.193. The Bertz CT molecular complexity index is 634. The molecule has 2 aromatic rings. The lowest BCUT2D eigenvalue weighted by Crippen LogP contribution is -2.13. The molecule has 0 aliphatic heterocycles. The van der Waals surface area contributed by atoms with Crippen LogP contribution in [0.4, 0.5) is 4.39 Å². The van der Waals surface area contributed by atoms with Crippen molar-refractivity contribution in [1.82, 2.24) is 9.55 Å². The fraction of sp³-hybridized carbons (Fsp3) is 0.0833. The summed E-state index contributed by atoms with van der Waals surface area (Å²) in [5.41, 5.74) is 0.0217. The highest BCUT2D eigenvalue weighted by Crippen LogP contribution is 2.17. The zero-order chi connectivity index (χ0) is 13.3. The second-order valence-corrected chi connectivity index (χ2v) is 3.64. The van der Waals surface area contributed by atoms with Gasteiger partial charge in [-0.3, -0.25) is 4.79 Å². The Hall–Kier alpha value is -2.50.